The number of fused-ring (bicyclic) bond motifs is 1. The average Bonchev–Trinajstić information content (AvgIpc) is 2.65. The number of benzene rings is 3. The van der Waals surface area contributed by atoms with Crippen LogP contribution in [-0.4, -0.2) is 20.9 Å². The number of carboxylic acids is 1. The molecule has 3 aromatic rings. The van der Waals surface area contributed by atoms with Gasteiger partial charge in [0.15, 0.2) is 0 Å². The molecule has 0 aliphatic carbocycles. The molecule has 3 N–H and O–H groups in total. The first-order valence-electron chi connectivity index (χ1n) is 8.18. The predicted octanol–water partition coefficient (Wildman–Crippen LogP) is 5.70. The van der Waals surface area contributed by atoms with E-state index in [-0.39, 0.29) is 10.0 Å². The highest BCUT2D eigenvalue weighted by atomic mass is 79.9. The molecule has 5 nitrogen and oxygen atoms in total. The third-order valence-electron chi connectivity index (χ3n) is 4.27. The van der Waals surface area contributed by atoms with Gasteiger partial charge in [0.1, 0.15) is 0 Å². The van der Waals surface area contributed by atoms with Gasteiger partial charge in [-0.2, -0.15) is 8.78 Å². The molecule has 0 radical (unpaired) electrons. The molecule has 0 spiro atoms. The van der Waals surface area contributed by atoms with Crippen molar-refractivity contribution >= 4 is 52.4 Å². The number of aromatic carboxylic acids is 1. The average molecular weight is 483 g/mol. The van der Waals surface area contributed by atoms with Crippen LogP contribution in [0, 0.1) is 0 Å². The molecule has 0 aliphatic heterocycles. The van der Waals surface area contributed by atoms with Crippen LogP contribution < -0.4 is 0 Å². The van der Waals surface area contributed by atoms with E-state index in [1.807, 2.05) is 0 Å². The molecule has 0 atom stereocenters. The summed E-state index contributed by atoms with van der Waals surface area (Å²) in [4.78, 5) is 29.0. The Hall–Kier alpha value is -2.38. The zero-order valence-electron chi connectivity index (χ0n) is 14.6. The Morgan fingerprint density at radius 1 is 1.00 bits per heavy atom. The lowest BCUT2D eigenvalue weighted by atomic mass is 10.0. The highest BCUT2D eigenvalue weighted by Gasteiger charge is 2.51. The summed E-state index contributed by atoms with van der Waals surface area (Å²) in [6, 6.07) is 13.7. The van der Waals surface area contributed by atoms with Crippen molar-refractivity contribution < 1.29 is 33.0 Å². The molecule has 9 heteroatoms. The second-order valence-electron chi connectivity index (χ2n) is 6.26. The van der Waals surface area contributed by atoms with Gasteiger partial charge >= 0.3 is 19.2 Å². The maximum atomic E-state index is 14.1. The van der Waals surface area contributed by atoms with Crippen LogP contribution in [0.15, 0.2) is 59.1 Å². The lowest BCUT2D eigenvalue weighted by Gasteiger charge is -2.20. The summed E-state index contributed by atoms with van der Waals surface area (Å²) in [5.41, 5.74) is -3.52. The Morgan fingerprint density at radius 2 is 1.66 bits per heavy atom. The minimum atomic E-state index is -5.68. The Kier molecular flexibility index (Phi) is 5.74. The fourth-order valence-corrected chi connectivity index (χ4v) is 4.17. The molecule has 0 aliphatic rings. The minimum Gasteiger partial charge on any atom is -0.478 e. The van der Waals surface area contributed by atoms with Crippen LogP contribution in [0.2, 0.25) is 0 Å². The fraction of sp³-hybridized carbons (Fsp3) is 0.0500. The number of alkyl halides is 2. The van der Waals surface area contributed by atoms with Crippen molar-refractivity contribution in [3.05, 3.63) is 81.3 Å². The van der Waals surface area contributed by atoms with Gasteiger partial charge in [0.05, 0.1) is 5.56 Å². The summed E-state index contributed by atoms with van der Waals surface area (Å²) in [5, 5.41) is 10.0. The van der Waals surface area contributed by atoms with Crippen LogP contribution >= 0.6 is 23.5 Å². The van der Waals surface area contributed by atoms with Crippen LogP contribution in [0.25, 0.3) is 22.9 Å². The van der Waals surface area contributed by atoms with E-state index in [2.05, 4.69) is 15.9 Å². The number of hydrogen-bond acceptors (Lipinski definition) is 2. The van der Waals surface area contributed by atoms with Gasteiger partial charge < -0.3 is 14.9 Å². The summed E-state index contributed by atoms with van der Waals surface area (Å²) in [6.45, 7) is 0. The third-order valence-corrected chi connectivity index (χ3v) is 6.10. The van der Waals surface area contributed by atoms with Gasteiger partial charge in [-0.05, 0) is 56.0 Å². The minimum absolute atomic E-state index is 0.0898. The molecule has 3 rings (SSSR count). The van der Waals surface area contributed by atoms with E-state index < -0.39 is 24.8 Å². The van der Waals surface area contributed by atoms with E-state index in [1.54, 1.807) is 42.5 Å². The number of hydrogen-bond donors (Lipinski definition) is 3. The normalized spacial score (nSPS) is 12.6. The topological polar surface area (TPSA) is 94.8 Å². The highest BCUT2D eigenvalue weighted by Crippen LogP contribution is 2.60. The van der Waals surface area contributed by atoms with Crippen LogP contribution in [0.3, 0.4) is 0 Å². The number of halogens is 3. The van der Waals surface area contributed by atoms with Crippen LogP contribution in [-0.2, 0) is 10.2 Å². The van der Waals surface area contributed by atoms with Gasteiger partial charge in [-0.15, -0.1) is 0 Å². The van der Waals surface area contributed by atoms with Gasteiger partial charge in [0.25, 0.3) is 0 Å². The van der Waals surface area contributed by atoms with Crippen molar-refractivity contribution in [1.82, 2.24) is 0 Å². The van der Waals surface area contributed by atoms with Crippen LogP contribution in [0.1, 0.15) is 27.0 Å². The molecule has 0 amide bonds. The Labute approximate surface area is 172 Å². The molecule has 0 aromatic heterocycles. The van der Waals surface area contributed by atoms with E-state index in [0.29, 0.717) is 16.3 Å². The monoisotopic (exact) mass is 482 g/mol. The molecule has 29 heavy (non-hydrogen) atoms. The van der Waals surface area contributed by atoms with Gasteiger partial charge in [0.2, 0.25) is 0 Å². The predicted molar refractivity (Wildman–Crippen MR) is 110 cm³/mol. The fourth-order valence-electron chi connectivity index (χ4n) is 2.77. The molecule has 150 valence electrons. The zero-order chi connectivity index (χ0) is 21.4. The summed E-state index contributed by atoms with van der Waals surface area (Å²) in [6.07, 6.45) is 3.46. The van der Waals surface area contributed by atoms with Crippen molar-refractivity contribution in [1.29, 1.82) is 0 Å². The number of rotatable bonds is 5. The molecule has 0 fully saturated rings. The summed E-state index contributed by atoms with van der Waals surface area (Å²) in [7, 11) is -5.68. The van der Waals surface area contributed by atoms with Gasteiger partial charge in [-0.25, -0.2) is 4.79 Å². The molecule has 0 saturated heterocycles. The Morgan fingerprint density at radius 3 is 2.28 bits per heavy atom. The standard InChI is InChI=1S/C20H14BrF2O5P/c21-18-16-8-6-13(5-4-12-2-1-3-15(11-12)19(24)25)10-14(16)7-9-17(18)20(22,23)29(26,27)28/h1-11H,(H,24,25)(H2,26,27,28)/b5-4+. The first kappa shape index (κ1) is 21.3. The Balaban J connectivity index is 1.98. The molecule has 0 saturated carbocycles. The third kappa shape index (κ3) is 4.31. The lowest BCUT2D eigenvalue weighted by molar-refractivity contribution is 0.0559. The van der Waals surface area contributed by atoms with Crippen LogP contribution in [0.4, 0.5) is 8.78 Å². The van der Waals surface area contributed by atoms with Crippen molar-refractivity contribution in [2.45, 2.75) is 5.66 Å². The molecular formula is C20H14BrF2O5P. The summed E-state index contributed by atoms with van der Waals surface area (Å²) < 4.78 is 39.2. The highest BCUT2D eigenvalue weighted by molar-refractivity contribution is 9.10. The summed E-state index contributed by atoms with van der Waals surface area (Å²) in [5.74, 6) is -1.03. The van der Waals surface area contributed by atoms with Crippen molar-refractivity contribution in [3.8, 4) is 0 Å². The molecule has 3 aromatic carbocycles. The first-order chi connectivity index (χ1) is 13.5. The molecule has 0 heterocycles. The summed E-state index contributed by atoms with van der Waals surface area (Å²) >= 11 is 3.03. The van der Waals surface area contributed by atoms with Crippen molar-refractivity contribution in [2.24, 2.45) is 0 Å². The maximum Gasteiger partial charge on any atom is 0.399 e. The maximum absolute atomic E-state index is 14.1. The SMILES string of the molecule is O=C(O)c1cccc(/C=C/c2ccc3c(Br)c(C(F)(F)P(=O)(O)O)ccc3c2)c1. The first-order valence-corrected chi connectivity index (χ1v) is 10.6. The van der Waals surface area contributed by atoms with E-state index in [4.69, 9.17) is 14.9 Å². The van der Waals surface area contributed by atoms with E-state index >= 15 is 0 Å². The number of carbonyl (C=O) groups is 1. The van der Waals surface area contributed by atoms with E-state index in [0.717, 1.165) is 11.6 Å². The van der Waals surface area contributed by atoms with Gasteiger partial charge in [-0.3, -0.25) is 4.57 Å². The van der Waals surface area contributed by atoms with Crippen LogP contribution in [0.5, 0.6) is 0 Å². The van der Waals surface area contributed by atoms with Gasteiger partial charge in [-0.1, -0.05) is 48.6 Å². The Bertz CT molecular complexity index is 1190. The van der Waals surface area contributed by atoms with E-state index in [1.165, 1.54) is 18.2 Å². The quantitative estimate of drug-likeness (QED) is 0.320. The van der Waals surface area contributed by atoms with Crippen molar-refractivity contribution in [3.63, 3.8) is 0 Å². The lowest BCUT2D eigenvalue weighted by Crippen LogP contribution is -2.14. The smallest absolute Gasteiger partial charge is 0.399 e. The van der Waals surface area contributed by atoms with E-state index in [9.17, 15) is 18.1 Å². The zero-order valence-corrected chi connectivity index (χ0v) is 17.1. The number of carboxylic acid groups (broad SMARTS) is 1. The molecule has 0 unspecified atom stereocenters. The second-order valence-corrected chi connectivity index (χ2v) is 8.70. The largest absolute Gasteiger partial charge is 0.478 e. The molecule has 0 bridgehead atoms. The van der Waals surface area contributed by atoms with Gasteiger partial charge in [0, 0.05) is 10.0 Å². The molecular weight excluding hydrogens is 469 g/mol. The van der Waals surface area contributed by atoms with Crippen molar-refractivity contribution in [2.75, 3.05) is 0 Å². The second kappa shape index (κ2) is 7.80.